The van der Waals surface area contributed by atoms with Gasteiger partial charge in [0.1, 0.15) is 0 Å². The van der Waals surface area contributed by atoms with E-state index in [0.29, 0.717) is 33.9 Å². The van der Waals surface area contributed by atoms with E-state index < -0.39 is 0 Å². The minimum Gasteiger partial charge on any atom is -0.503 e. The Hall–Kier alpha value is 0.720. The second-order valence-electron chi connectivity index (χ2n) is 3.95. The SMILES string of the molecule is COc1cc(Br)cc(Br)c1Oc1c(O)c(Br)c(Br)c(Br)c1Br. The van der Waals surface area contributed by atoms with Gasteiger partial charge in [0.25, 0.3) is 0 Å². The number of phenolic OH excluding ortho intramolecular Hbond substituents is 1. The van der Waals surface area contributed by atoms with Crippen LogP contribution < -0.4 is 9.47 Å². The van der Waals surface area contributed by atoms with Crippen molar-refractivity contribution in [1.82, 2.24) is 0 Å². The standard InChI is InChI=1S/C13H6Br6O3/c1-21-6-3-4(14)2-5(15)12(6)22-13-10(19)8(17)7(16)9(18)11(13)20/h2-3,20H,1H3. The highest BCUT2D eigenvalue weighted by atomic mass is 79.9. The summed E-state index contributed by atoms with van der Waals surface area (Å²) in [5, 5.41) is 10.3. The zero-order valence-corrected chi connectivity index (χ0v) is 20.2. The maximum Gasteiger partial charge on any atom is 0.185 e. The first-order valence-electron chi connectivity index (χ1n) is 5.53. The van der Waals surface area contributed by atoms with Crippen molar-refractivity contribution in [1.29, 1.82) is 0 Å². The van der Waals surface area contributed by atoms with Crippen molar-refractivity contribution in [2.75, 3.05) is 7.11 Å². The van der Waals surface area contributed by atoms with Gasteiger partial charge in [0, 0.05) is 4.47 Å². The van der Waals surface area contributed by atoms with Crippen LogP contribution in [0.3, 0.4) is 0 Å². The van der Waals surface area contributed by atoms with E-state index in [-0.39, 0.29) is 11.5 Å². The second kappa shape index (κ2) is 7.74. The summed E-state index contributed by atoms with van der Waals surface area (Å²) in [6, 6.07) is 3.60. The largest absolute Gasteiger partial charge is 0.503 e. The normalized spacial score (nSPS) is 10.7. The van der Waals surface area contributed by atoms with Crippen LogP contribution >= 0.6 is 95.6 Å². The first-order valence-corrected chi connectivity index (χ1v) is 10.3. The third-order valence-electron chi connectivity index (χ3n) is 2.60. The summed E-state index contributed by atoms with van der Waals surface area (Å²) in [6.07, 6.45) is 0. The van der Waals surface area contributed by atoms with Crippen molar-refractivity contribution < 1.29 is 14.6 Å². The van der Waals surface area contributed by atoms with E-state index >= 15 is 0 Å². The molecule has 2 aromatic rings. The molecule has 0 spiro atoms. The molecule has 0 bridgehead atoms. The Morgan fingerprint density at radius 3 is 2.00 bits per heavy atom. The maximum absolute atomic E-state index is 10.3. The highest BCUT2D eigenvalue weighted by Gasteiger charge is 2.23. The van der Waals surface area contributed by atoms with Crippen molar-refractivity contribution in [3.05, 3.63) is 39.0 Å². The monoisotopic (exact) mass is 684 g/mol. The molecule has 2 rings (SSSR count). The van der Waals surface area contributed by atoms with Gasteiger partial charge in [0.2, 0.25) is 0 Å². The van der Waals surface area contributed by atoms with Crippen LogP contribution in [0.25, 0.3) is 0 Å². The van der Waals surface area contributed by atoms with Gasteiger partial charge in [-0.2, -0.15) is 0 Å². The number of benzene rings is 2. The summed E-state index contributed by atoms with van der Waals surface area (Å²) in [6.45, 7) is 0. The smallest absolute Gasteiger partial charge is 0.185 e. The van der Waals surface area contributed by atoms with E-state index in [1.54, 1.807) is 13.2 Å². The summed E-state index contributed by atoms with van der Waals surface area (Å²) >= 11 is 20.4. The maximum atomic E-state index is 10.3. The Kier molecular flexibility index (Phi) is 6.70. The summed E-state index contributed by atoms with van der Waals surface area (Å²) in [7, 11) is 1.55. The molecule has 0 unspecified atom stereocenters. The van der Waals surface area contributed by atoms with Gasteiger partial charge in [0.15, 0.2) is 23.0 Å². The first-order chi connectivity index (χ1) is 10.3. The van der Waals surface area contributed by atoms with Gasteiger partial charge in [-0.1, -0.05) is 15.9 Å². The molecule has 0 amide bonds. The van der Waals surface area contributed by atoms with Gasteiger partial charge in [-0.15, -0.1) is 0 Å². The minimum atomic E-state index is -0.0428. The molecule has 0 atom stereocenters. The lowest BCUT2D eigenvalue weighted by Gasteiger charge is -2.17. The van der Waals surface area contributed by atoms with E-state index in [0.717, 1.165) is 4.47 Å². The number of rotatable bonds is 3. The van der Waals surface area contributed by atoms with Gasteiger partial charge in [-0.3, -0.25) is 0 Å². The van der Waals surface area contributed by atoms with Crippen LogP contribution in [-0.4, -0.2) is 12.2 Å². The molecular formula is C13H6Br6O3. The number of halogens is 6. The highest BCUT2D eigenvalue weighted by molar-refractivity contribution is 9.15. The lowest BCUT2D eigenvalue weighted by Crippen LogP contribution is -1.94. The van der Waals surface area contributed by atoms with Crippen LogP contribution in [0.15, 0.2) is 39.0 Å². The fourth-order valence-corrected chi connectivity index (χ4v) is 4.99. The third-order valence-corrected chi connectivity index (χ3v) is 8.36. The molecule has 118 valence electrons. The van der Waals surface area contributed by atoms with Gasteiger partial charge in [-0.25, -0.2) is 0 Å². The summed E-state index contributed by atoms with van der Waals surface area (Å²) in [4.78, 5) is 0. The molecule has 0 fully saturated rings. The van der Waals surface area contributed by atoms with Crippen molar-refractivity contribution >= 4 is 95.6 Å². The molecule has 9 heteroatoms. The zero-order chi connectivity index (χ0) is 16.6. The Balaban J connectivity index is 2.62. The summed E-state index contributed by atoms with van der Waals surface area (Å²) < 4.78 is 15.2. The van der Waals surface area contributed by atoms with Crippen LogP contribution in [0.5, 0.6) is 23.0 Å². The molecule has 22 heavy (non-hydrogen) atoms. The van der Waals surface area contributed by atoms with Crippen molar-refractivity contribution in [2.45, 2.75) is 0 Å². The van der Waals surface area contributed by atoms with E-state index in [4.69, 9.17) is 9.47 Å². The number of aromatic hydroxyl groups is 1. The lowest BCUT2D eigenvalue weighted by molar-refractivity contribution is 0.362. The Morgan fingerprint density at radius 2 is 1.41 bits per heavy atom. The average Bonchev–Trinajstić information content (AvgIpc) is 2.48. The quantitative estimate of drug-likeness (QED) is 0.265. The predicted molar refractivity (Wildman–Crippen MR) is 107 cm³/mol. The zero-order valence-electron chi connectivity index (χ0n) is 10.7. The summed E-state index contributed by atoms with van der Waals surface area (Å²) in [5.41, 5.74) is 0. The molecule has 1 N–H and O–H groups in total. The van der Waals surface area contributed by atoms with E-state index in [9.17, 15) is 5.11 Å². The molecule has 0 saturated carbocycles. The van der Waals surface area contributed by atoms with Crippen molar-refractivity contribution in [3.63, 3.8) is 0 Å². The van der Waals surface area contributed by atoms with E-state index in [1.165, 1.54) is 0 Å². The van der Waals surface area contributed by atoms with Gasteiger partial charge < -0.3 is 14.6 Å². The molecule has 2 aromatic carbocycles. The number of phenols is 1. The van der Waals surface area contributed by atoms with Crippen LogP contribution in [-0.2, 0) is 0 Å². The molecule has 3 nitrogen and oxygen atoms in total. The van der Waals surface area contributed by atoms with E-state index in [2.05, 4.69) is 95.6 Å². The van der Waals surface area contributed by atoms with Crippen LogP contribution in [0, 0.1) is 0 Å². The predicted octanol–water partition coefficient (Wildman–Crippen LogP) is 7.77. The van der Waals surface area contributed by atoms with Crippen molar-refractivity contribution in [3.8, 4) is 23.0 Å². The van der Waals surface area contributed by atoms with Gasteiger partial charge >= 0.3 is 0 Å². The molecule has 0 aliphatic rings. The molecule has 0 radical (unpaired) electrons. The Bertz CT molecular complexity index is 718. The molecular weight excluding hydrogens is 684 g/mol. The van der Waals surface area contributed by atoms with Crippen LogP contribution in [0.1, 0.15) is 0 Å². The molecule has 0 aliphatic carbocycles. The molecule has 0 aliphatic heterocycles. The van der Waals surface area contributed by atoms with Gasteiger partial charge in [0.05, 0.1) is 29.5 Å². The molecule has 0 aromatic heterocycles. The fraction of sp³-hybridized carbons (Fsp3) is 0.0769. The number of ether oxygens (including phenoxy) is 2. The Morgan fingerprint density at radius 1 is 0.818 bits per heavy atom. The second-order valence-corrected chi connectivity index (χ2v) is 8.90. The number of hydrogen-bond acceptors (Lipinski definition) is 3. The Labute approximate surface area is 177 Å². The molecule has 0 heterocycles. The first kappa shape index (κ1) is 19.1. The van der Waals surface area contributed by atoms with Crippen LogP contribution in [0.2, 0.25) is 0 Å². The topological polar surface area (TPSA) is 38.7 Å². The third kappa shape index (κ3) is 3.69. The highest BCUT2D eigenvalue weighted by Crippen LogP contribution is 2.53. The number of methoxy groups -OCH3 is 1. The van der Waals surface area contributed by atoms with Crippen LogP contribution in [0.4, 0.5) is 0 Å². The molecule has 0 saturated heterocycles. The summed E-state index contributed by atoms with van der Waals surface area (Å²) in [5.74, 6) is 1.17. The fourth-order valence-electron chi connectivity index (χ4n) is 1.58. The van der Waals surface area contributed by atoms with E-state index in [1.807, 2.05) is 6.07 Å². The minimum absolute atomic E-state index is 0.0428. The lowest BCUT2D eigenvalue weighted by atomic mass is 10.3. The number of hydrogen-bond donors (Lipinski definition) is 1. The van der Waals surface area contributed by atoms with Gasteiger partial charge in [-0.05, 0) is 91.8 Å². The van der Waals surface area contributed by atoms with Crippen molar-refractivity contribution in [2.24, 2.45) is 0 Å². The average molecular weight is 690 g/mol.